The summed E-state index contributed by atoms with van der Waals surface area (Å²) < 4.78 is 39.7. The van der Waals surface area contributed by atoms with E-state index in [1.54, 1.807) is 24.3 Å². The van der Waals surface area contributed by atoms with Crippen LogP contribution in [0.4, 0.5) is 10.1 Å². The summed E-state index contributed by atoms with van der Waals surface area (Å²) in [6.45, 7) is 0.231. The Morgan fingerprint density at radius 2 is 1.92 bits per heavy atom. The van der Waals surface area contributed by atoms with E-state index in [0.29, 0.717) is 23.6 Å². The summed E-state index contributed by atoms with van der Waals surface area (Å²) in [7, 11) is -3.88. The number of nitrogens with one attached hydrogen (secondary N) is 2. The fraction of sp³-hybridized carbons (Fsp3) is 0.235. The average molecular weight is 398 g/mol. The van der Waals surface area contributed by atoms with Crippen molar-refractivity contribution in [1.82, 2.24) is 9.73 Å². The molecule has 6 nitrogen and oxygen atoms in total. The van der Waals surface area contributed by atoms with Gasteiger partial charge in [-0.15, -0.1) is 0 Å². The SMILES string of the molecule is O=C(NNc1cccc(Cl)c1)C1CCCN1S(=O)(=O)c1ccc(F)cc1. The molecule has 0 aromatic heterocycles. The predicted octanol–water partition coefficient (Wildman–Crippen LogP) is 2.78. The zero-order valence-corrected chi connectivity index (χ0v) is 15.2. The standard InChI is InChI=1S/C17H17ClFN3O3S/c18-12-3-1-4-14(11-12)20-21-17(23)16-5-2-10-22(16)26(24,25)15-8-6-13(19)7-9-15/h1,3-4,6-9,11,16,20H,2,5,10H2,(H,21,23). The third kappa shape index (κ3) is 3.98. The molecule has 1 aliphatic rings. The van der Waals surface area contributed by atoms with E-state index >= 15 is 0 Å². The number of rotatable bonds is 5. The summed E-state index contributed by atoms with van der Waals surface area (Å²) in [5, 5.41) is 0.505. The normalized spacial score (nSPS) is 17.8. The molecule has 0 spiro atoms. The molecule has 2 aromatic rings. The molecule has 1 amide bonds. The first kappa shape index (κ1) is 18.6. The quantitative estimate of drug-likeness (QED) is 0.760. The maximum Gasteiger partial charge on any atom is 0.256 e. The number of carbonyl (C=O) groups is 1. The van der Waals surface area contributed by atoms with Crippen molar-refractivity contribution in [3.05, 3.63) is 59.4 Å². The molecule has 26 heavy (non-hydrogen) atoms. The second-order valence-corrected chi connectivity index (χ2v) is 8.18. The molecule has 3 rings (SSSR count). The Labute approximate surface area is 156 Å². The van der Waals surface area contributed by atoms with E-state index in [1.807, 2.05) is 0 Å². The Morgan fingerprint density at radius 1 is 1.19 bits per heavy atom. The average Bonchev–Trinajstić information content (AvgIpc) is 3.11. The fourth-order valence-electron chi connectivity index (χ4n) is 2.82. The highest BCUT2D eigenvalue weighted by atomic mass is 35.5. The molecule has 1 aliphatic heterocycles. The first-order chi connectivity index (χ1) is 12.4. The van der Waals surface area contributed by atoms with Crippen LogP contribution in [0.25, 0.3) is 0 Å². The van der Waals surface area contributed by atoms with Gasteiger partial charge in [-0.1, -0.05) is 17.7 Å². The van der Waals surface area contributed by atoms with Crippen molar-refractivity contribution in [2.45, 2.75) is 23.8 Å². The second kappa shape index (κ2) is 7.61. The molecule has 2 N–H and O–H groups in total. The lowest BCUT2D eigenvalue weighted by Crippen LogP contribution is -2.47. The van der Waals surface area contributed by atoms with Crippen LogP contribution in [-0.4, -0.2) is 31.2 Å². The first-order valence-electron chi connectivity index (χ1n) is 7.97. The van der Waals surface area contributed by atoms with Crippen LogP contribution in [0.15, 0.2) is 53.4 Å². The van der Waals surface area contributed by atoms with Crippen molar-refractivity contribution in [2.24, 2.45) is 0 Å². The van der Waals surface area contributed by atoms with E-state index in [9.17, 15) is 17.6 Å². The van der Waals surface area contributed by atoms with Gasteiger partial charge in [-0.3, -0.25) is 15.6 Å². The summed E-state index contributed by atoms with van der Waals surface area (Å²) in [6.07, 6.45) is 0.971. The predicted molar refractivity (Wildman–Crippen MR) is 96.5 cm³/mol. The van der Waals surface area contributed by atoms with Crippen LogP contribution in [0, 0.1) is 5.82 Å². The van der Waals surface area contributed by atoms with Crippen molar-refractivity contribution in [3.63, 3.8) is 0 Å². The first-order valence-corrected chi connectivity index (χ1v) is 9.78. The number of sulfonamides is 1. The number of hydrogen-bond acceptors (Lipinski definition) is 4. The van der Waals surface area contributed by atoms with Gasteiger partial charge in [0.1, 0.15) is 11.9 Å². The molecule has 138 valence electrons. The maximum absolute atomic E-state index is 13.1. The van der Waals surface area contributed by atoms with E-state index < -0.39 is 27.8 Å². The van der Waals surface area contributed by atoms with Crippen LogP contribution in [0.2, 0.25) is 5.02 Å². The molecular formula is C17H17ClFN3O3S. The molecule has 9 heteroatoms. The van der Waals surface area contributed by atoms with E-state index in [4.69, 9.17) is 11.6 Å². The minimum atomic E-state index is -3.88. The number of hydrogen-bond donors (Lipinski definition) is 2. The number of benzene rings is 2. The van der Waals surface area contributed by atoms with Gasteiger partial charge < -0.3 is 0 Å². The molecule has 1 atom stereocenters. The second-order valence-electron chi connectivity index (χ2n) is 5.85. The molecule has 1 fully saturated rings. The summed E-state index contributed by atoms with van der Waals surface area (Å²) in [5.41, 5.74) is 5.82. The third-order valence-electron chi connectivity index (χ3n) is 4.08. The maximum atomic E-state index is 13.1. The van der Waals surface area contributed by atoms with Crippen molar-refractivity contribution in [1.29, 1.82) is 0 Å². The lowest BCUT2D eigenvalue weighted by molar-refractivity contribution is -0.123. The Bertz CT molecular complexity index is 906. The number of amides is 1. The number of carbonyl (C=O) groups excluding carboxylic acids is 1. The van der Waals surface area contributed by atoms with Gasteiger partial charge in [-0.2, -0.15) is 4.31 Å². The van der Waals surface area contributed by atoms with Crippen LogP contribution in [-0.2, 0) is 14.8 Å². The van der Waals surface area contributed by atoms with Crippen molar-refractivity contribution < 1.29 is 17.6 Å². The van der Waals surface area contributed by atoms with Crippen LogP contribution in [0.1, 0.15) is 12.8 Å². The molecule has 0 saturated carbocycles. The molecule has 0 bridgehead atoms. The molecule has 2 aromatic carbocycles. The summed E-state index contributed by atoms with van der Waals surface area (Å²) in [5.74, 6) is -0.987. The molecule has 0 aliphatic carbocycles. The number of nitrogens with zero attached hydrogens (tertiary/aromatic N) is 1. The Morgan fingerprint density at radius 3 is 2.62 bits per heavy atom. The van der Waals surface area contributed by atoms with Crippen molar-refractivity contribution in [2.75, 3.05) is 12.0 Å². The van der Waals surface area contributed by atoms with Crippen LogP contribution in [0.5, 0.6) is 0 Å². The Hall–Kier alpha value is -2.16. The molecule has 1 heterocycles. The zero-order valence-electron chi connectivity index (χ0n) is 13.7. The van der Waals surface area contributed by atoms with Gasteiger partial charge in [0.2, 0.25) is 10.0 Å². The minimum Gasteiger partial charge on any atom is -0.299 e. The summed E-state index contributed by atoms with van der Waals surface area (Å²) in [4.78, 5) is 12.4. The highest BCUT2D eigenvalue weighted by Gasteiger charge is 2.39. The fourth-order valence-corrected chi connectivity index (χ4v) is 4.66. The van der Waals surface area contributed by atoms with Gasteiger partial charge in [0.25, 0.3) is 5.91 Å². The van der Waals surface area contributed by atoms with Gasteiger partial charge in [0.15, 0.2) is 0 Å². The van der Waals surface area contributed by atoms with E-state index in [0.717, 1.165) is 16.4 Å². The van der Waals surface area contributed by atoms with Gasteiger partial charge in [-0.25, -0.2) is 12.8 Å². The molecular weight excluding hydrogens is 381 g/mol. The minimum absolute atomic E-state index is 0.0404. The van der Waals surface area contributed by atoms with Crippen molar-refractivity contribution in [3.8, 4) is 0 Å². The van der Waals surface area contributed by atoms with Gasteiger partial charge in [0.05, 0.1) is 10.6 Å². The number of halogens is 2. The van der Waals surface area contributed by atoms with E-state index in [-0.39, 0.29) is 11.4 Å². The monoisotopic (exact) mass is 397 g/mol. The van der Waals surface area contributed by atoms with E-state index in [1.165, 1.54) is 12.1 Å². The summed E-state index contributed by atoms with van der Waals surface area (Å²) in [6, 6.07) is 10.5. The van der Waals surface area contributed by atoms with Crippen LogP contribution in [0.3, 0.4) is 0 Å². The highest BCUT2D eigenvalue weighted by Crippen LogP contribution is 2.26. The Balaban J connectivity index is 1.72. The lowest BCUT2D eigenvalue weighted by Gasteiger charge is -2.23. The van der Waals surface area contributed by atoms with Gasteiger partial charge >= 0.3 is 0 Å². The number of anilines is 1. The molecule has 1 unspecified atom stereocenters. The lowest BCUT2D eigenvalue weighted by atomic mass is 10.2. The Kier molecular flexibility index (Phi) is 5.45. The van der Waals surface area contributed by atoms with Crippen molar-refractivity contribution >= 4 is 33.2 Å². The van der Waals surface area contributed by atoms with Gasteiger partial charge in [-0.05, 0) is 55.3 Å². The topological polar surface area (TPSA) is 78.5 Å². The zero-order chi connectivity index (χ0) is 18.7. The molecule has 0 radical (unpaired) electrons. The van der Waals surface area contributed by atoms with Gasteiger partial charge in [0, 0.05) is 11.6 Å². The van der Waals surface area contributed by atoms with Crippen LogP contribution >= 0.6 is 11.6 Å². The summed E-state index contributed by atoms with van der Waals surface area (Å²) >= 11 is 5.88. The third-order valence-corrected chi connectivity index (χ3v) is 6.24. The van der Waals surface area contributed by atoms with Crippen LogP contribution < -0.4 is 10.9 Å². The largest absolute Gasteiger partial charge is 0.299 e. The highest BCUT2D eigenvalue weighted by molar-refractivity contribution is 7.89. The molecule has 1 saturated heterocycles. The smallest absolute Gasteiger partial charge is 0.256 e. The van der Waals surface area contributed by atoms with E-state index in [2.05, 4.69) is 10.9 Å². The number of hydrazine groups is 1.